The number of carbonyl (C=O) groups is 1. The lowest BCUT2D eigenvalue weighted by Crippen LogP contribution is -2.47. The highest BCUT2D eigenvalue weighted by Crippen LogP contribution is 2.31. The van der Waals surface area contributed by atoms with Crippen molar-refractivity contribution in [2.24, 2.45) is 5.73 Å². The SMILES string of the molecule is CSCC[C@H](N)C(=O)N1CCC(c2nc3cc(Cl)ccc3o2)CC1.Cl. The van der Waals surface area contributed by atoms with Crippen molar-refractivity contribution in [2.45, 2.75) is 31.2 Å². The third-order valence-corrected chi connectivity index (χ3v) is 5.35. The van der Waals surface area contributed by atoms with Crippen LogP contribution in [-0.4, -0.2) is 46.9 Å². The fraction of sp³-hybridized carbons (Fsp3) is 0.529. The number of hydrogen-bond donors (Lipinski definition) is 1. The number of rotatable bonds is 5. The van der Waals surface area contributed by atoms with Gasteiger partial charge in [-0.2, -0.15) is 11.8 Å². The summed E-state index contributed by atoms with van der Waals surface area (Å²) in [5.41, 5.74) is 7.54. The van der Waals surface area contributed by atoms with Crippen molar-refractivity contribution in [1.29, 1.82) is 0 Å². The zero-order valence-electron chi connectivity index (χ0n) is 14.1. The highest BCUT2D eigenvalue weighted by molar-refractivity contribution is 7.98. The first-order chi connectivity index (χ1) is 11.6. The molecule has 2 N–H and O–H groups in total. The van der Waals surface area contributed by atoms with Gasteiger partial charge in [-0.15, -0.1) is 12.4 Å². The van der Waals surface area contributed by atoms with E-state index in [0.717, 1.165) is 42.0 Å². The van der Waals surface area contributed by atoms with Gasteiger partial charge in [0.15, 0.2) is 11.5 Å². The summed E-state index contributed by atoms with van der Waals surface area (Å²) in [4.78, 5) is 18.8. The number of likely N-dealkylation sites (tertiary alicyclic amines) is 1. The molecule has 0 aliphatic carbocycles. The van der Waals surface area contributed by atoms with E-state index in [1.807, 2.05) is 23.3 Å². The maximum absolute atomic E-state index is 12.4. The largest absolute Gasteiger partial charge is 0.440 e. The third-order valence-electron chi connectivity index (χ3n) is 4.47. The Labute approximate surface area is 163 Å². The molecule has 8 heteroatoms. The first-order valence-electron chi connectivity index (χ1n) is 8.18. The molecule has 0 unspecified atom stereocenters. The van der Waals surface area contributed by atoms with Crippen LogP contribution in [-0.2, 0) is 4.79 Å². The zero-order valence-corrected chi connectivity index (χ0v) is 16.5. The van der Waals surface area contributed by atoms with Gasteiger partial charge in [0.1, 0.15) is 5.52 Å². The summed E-state index contributed by atoms with van der Waals surface area (Å²) in [6.07, 6.45) is 4.45. The van der Waals surface area contributed by atoms with Crippen LogP contribution in [0.4, 0.5) is 0 Å². The Morgan fingerprint density at radius 2 is 2.20 bits per heavy atom. The zero-order chi connectivity index (χ0) is 17.1. The minimum absolute atomic E-state index is 0. The van der Waals surface area contributed by atoms with E-state index in [9.17, 15) is 4.79 Å². The van der Waals surface area contributed by atoms with E-state index in [0.29, 0.717) is 18.1 Å². The molecule has 0 saturated carbocycles. The van der Waals surface area contributed by atoms with Gasteiger partial charge in [0.2, 0.25) is 5.91 Å². The van der Waals surface area contributed by atoms with Crippen LogP contribution >= 0.6 is 35.8 Å². The number of oxazole rings is 1. The lowest BCUT2D eigenvalue weighted by Gasteiger charge is -2.32. The number of piperidine rings is 1. The molecule has 1 fully saturated rings. The normalized spacial score (nSPS) is 16.7. The van der Waals surface area contributed by atoms with Gasteiger partial charge in [-0.1, -0.05) is 11.6 Å². The number of nitrogens with two attached hydrogens (primary N) is 1. The molecule has 1 aliphatic heterocycles. The van der Waals surface area contributed by atoms with Gasteiger partial charge >= 0.3 is 0 Å². The van der Waals surface area contributed by atoms with Crippen LogP contribution in [0, 0.1) is 0 Å². The number of thioether (sulfide) groups is 1. The molecular weight excluding hydrogens is 381 g/mol. The highest BCUT2D eigenvalue weighted by atomic mass is 35.5. The Balaban J connectivity index is 0.00000225. The van der Waals surface area contributed by atoms with Gasteiger partial charge in [0.25, 0.3) is 0 Å². The van der Waals surface area contributed by atoms with Gasteiger partial charge in [-0.3, -0.25) is 4.79 Å². The van der Waals surface area contributed by atoms with Crippen molar-refractivity contribution in [3.63, 3.8) is 0 Å². The molecule has 1 saturated heterocycles. The number of halogens is 2. The van der Waals surface area contributed by atoms with E-state index < -0.39 is 0 Å². The molecule has 3 rings (SSSR count). The summed E-state index contributed by atoms with van der Waals surface area (Å²) in [7, 11) is 0. The lowest BCUT2D eigenvalue weighted by molar-refractivity contribution is -0.133. The van der Waals surface area contributed by atoms with E-state index in [1.165, 1.54) is 0 Å². The maximum Gasteiger partial charge on any atom is 0.239 e. The number of carbonyl (C=O) groups excluding carboxylic acids is 1. The Morgan fingerprint density at radius 3 is 2.88 bits per heavy atom. The minimum atomic E-state index is -0.388. The quantitative estimate of drug-likeness (QED) is 0.823. The minimum Gasteiger partial charge on any atom is -0.440 e. The van der Waals surface area contributed by atoms with Crippen LogP contribution in [0.3, 0.4) is 0 Å². The molecule has 25 heavy (non-hydrogen) atoms. The van der Waals surface area contributed by atoms with E-state index in [4.69, 9.17) is 21.8 Å². The number of fused-ring (bicyclic) bond motifs is 1. The second-order valence-corrected chi connectivity index (χ2v) is 7.57. The van der Waals surface area contributed by atoms with Crippen molar-refractivity contribution in [3.8, 4) is 0 Å². The first-order valence-corrected chi connectivity index (χ1v) is 9.95. The van der Waals surface area contributed by atoms with Crippen LogP contribution in [0.25, 0.3) is 11.1 Å². The van der Waals surface area contributed by atoms with Crippen molar-refractivity contribution in [3.05, 3.63) is 29.1 Å². The Bertz CT molecular complexity index is 717. The predicted octanol–water partition coefficient (Wildman–Crippen LogP) is 3.69. The van der Waals surface area contributed by atoms with Gasteiger partial charge < -0.3 is 15.1 Å². The number of hydrogen-bond acceptors (Lipinski definition) is 5. The summed E-state index contributed by atoms with van der Waals surface area (Å²) in [5, 5.41) is 0.655. The van der Waals surface area contributed by atoms with Crippen LogP contribution in [0.15, 0.2) is 22.6 Å². The van der Waals surface area contributed by atoms with E-state index in [-0.39, 0.29) is 30.3 Å². The molecular formula is C17H23Cl2N3O2S. The molecule has 2 aromatic rings. The van der Waals surface area contributed by atoms with Gasteiger partial charge in [0, 0.05) is 24.0 Å². The Morgan fingerprint density at radius 1 is 1.48 bits per heavy atom. The monoisotopic (exact) mass is 403 g/mol. The summed E-state index contributed by atoms with van der Waals surface area (Å²) in [5.74, 6) is 1.95. The van der Waals surface area contributed by atoms with Crippen molar-refractivity contribution in [2.75, 3.05) is 25.1 Å². The lowest BCUT2D eigenvalue weighted by atomic mass is 9.96. The van der Waals surface area contributed by atoms with E-state index in [2.05, 4.69) is 4.98 Å². The Hall–Kier alpha value is -0.950. The summed E-state index contributed by atoms with van der Waals surface area (Å²) in [6, 6.07) is 5.07. The molecule has 0 bridgehead atoms. The summed E-state index contributed by atoms with van der Waals surface area (Å²) in [6.45, 7) is 1.41. The average Bonchev–Trinajstić information content (AvgIpc) is 3.02. The topological polar surface area (TPSA) is 72.4 Å². The Kier molecular flexibility index (Phi) is 7.43. The smallest absolute Gasteiger partial charge is 0.239 e. The molecule has 1 amide bonds. The number of nitrogens with zero attached hydrogens (tertiary/aromatic N) is 2. The number of amides is 1. The van der Waals surface area contributed by atoms with Gasteiger partial charge in [-0.05, 0) is 49.5 Å². The van der Waals surface area contributed by atoms with E-state index in [1.54, 1.807) is 17.8 Å². The van der Waals surface area contributed by atoms with Crippen molar-refractivity contribution < 1.29 is 9.21 Å². The molecule has 5 nitrogen and oxygen atoms in total. The fourth-order valence-corrected chi connectivity index (χ4v) is 3.70. The molecule has 2 heterocycles. The maximum atomic E-state index is 12.4. The molecule has 1 atom stereocenters. The molecule has 1 aromatic carbocycles. The molecule has 1 aromatic heterocycles. The fourth-order valence-electron chi connectivity index (χ4n) is 3.04. The average molecular weight is 404 g/mol. The molecule has 0 spiro atoms. The van der Waals surface area contributed by atoms with Crippen LogP contribution in [0.5, 0.6) is 0 Å². The second-order valence-electron chi connectivity index (χ2n) is 6.15. The summed E-state index contributed by atoms with van der Waals surface area (Å²) >= 11 is 7.71. The molecule has 0 radical (unpaired) electrons. The second kappa shape index (κ2) is 9.12. The van der Waals surface area contributed by atoms with E-state index >= 15 is 0 Å². The number of aromatic nitrogens is 1. The molecule has 1 aliphatic rings. The van der Waals surface area contributed by atoms with Gasteiger partial charge in [0.05, 0.1) is 6.04 Å². The van der Waals surface area contributed by atoms with Crippen LogP contribution in [0.2, 0.25) is 5.02 Å². The predicted molar refractivity (Wildman–Crippen MR) is 106 cm³/mol. The highest BCUT2D eigenvalue weighted by Gasteiger charge is 2.29. The van der Waals surface area contributed by atoms with Crippen LogP contribution in [0.1, 0.15) is 31.1 Å². The molecule has 138 valence electrons. The van der Waals surface area contributed by atoms with Gasteiger partial charge in [-0.25, -0.2) is 4.98 Å². The first kappa shape index (κ1) is 20.4. The van der Waals surface area contributed by atoms with Crippen molar-refractivity contribution in [1.82, 2.24) is 9.88 Å². The van der Waals surface area contributed by atoms with Crippen molar-refractivity contribution >= 4 is 52.8 Å². The number of benzene rings is 1. The van der Waals surface area contributed by atoms with Crippen LogP contribution < -0.4 is 5.73 Å². The standard InChI is InChI=1S/C17H22ClN3O2S.ClH/c1-24-9-6-13(19)17(22)21-7-4-11(5-8-21)16-20-14-10-12(18)2-3-15(14)23-16;/h2-3,10-11,13H,4-9,19H2,1H3;1H/t13-;/m0./s1. The third kappa shape index (κ3) is 4.82. The summed E-state index contributed by atoms with van der Waals surface area (Å²) < 4.78 is 5.86.